The monoisotopic (exact) mass is 229 g/mol. The van der Waals surface area contributed by atoms with Gasteiger partial charge in [0.25, 0.3) is 0 Å². The number of hydrogen-bond acceptors (Lipinski definition) is 4. The number of H-pyrrole nitrogens is 1. The molecule has 17 heavy (non-hydrogen) atoms. The molecular weight excluding hydrogens is 218 g/mol. The highest BCUT2D eigenvalue weighted by molar-refractivity contribution is 5.90. The number of nitrogens with one attached hydrogen (secondary N) is 1. The van der Waals surface area contributed by atoms with Crippen LogP contribution in [0.4, 0.5) is 5.88 Å². The van der Waals surface area contributed by atoms with Crippen molar-refractivity contribution in [3.8, 4) is 17.1 Å². The molecular formula is C12H11N3O2. The SMILES string of the molecule is COc1cccc2[nH]c(-c3cc(N)on3)cc12. The maximum absolute atomic E-state index is 5.50. The zero-order valence-electron chi connectivity index (χ0n) is 9.23. The summed E-state index contributed by atoms with van der Waals surface area (Å²) >= 11 is 0. The Morgan fingerprint density at radius 2 is 2.24 bits per heavy atom. The first-order valence-corrected chi connectivity index (χ1v) is 5.16. The first-order valence-electron chi connectivity index (χ1n) is 5.16. The van der Waals surface area contributed by atoms with Crippen LogP contribution in [0.3, 0.4) is 0 Å². The van der Waals surface area contributed by atoms with Crippen molar-refractivity contribution in [2.24, 2.45) is 0 Å². The summed E-state index contributed by atoms with van der Waals surface area (Å²) in [5, 5.41) is 4.87. The van der Waals surface area contributed by atoms with Crippen molar-refractivity contribution in [2.75, 3.05) is 12.8 Å². The number of rotatable bonds is 2. The van der Waals surface area contributed by atoms with Crippen LogP contribution in [0.25, 0.3) is 22.3 Å². The molecule has 0 aliphatic carbocycles. The van der Waals surface area contributed by atoms with Crippen molar-refractivity contribution in [3.63, 3.8) is 0 Å². The number of nitrogens with two attached hydrogens (primary N) is 1. The highest BCUT2D eigenvalue weighted by Gasteiger charge is 2.10. The van der Waals surface area contributed by atoms with Gasteiger partial charge in [-0.3, -0.25) is 0 Å². The van der Waals surface area contributed by atoms with Crippen molar-refractivity contribution in [1.29, 1.82) is 0 Å². The van der Waals surface area contributed by atoms with Crippen molar-refractivity contribution in [1.82, 2.24) is 10.1 Å². The predicted octanol–water partition coefficient (Wildman–Crippen LogP) is 2.41. The molecule has 0 spiro atoms. The minimum absolute atomic E-state index is 0.297. The van der Waals surface area contributed by atoms with Crippen LogP contribution in [0, 0.1) is 0 Å². The number of fused-ring (bicyclic) bond motifs is 1. The first-order chi connectivity index (χ1) is 8.28. The fourth-order valence-corrected chi connectivity index (χ4v) is 1.86. The van der Waals surface area contributed by atoms with Crippen molar-refractivity contribution < 1.29 is 9.26 Å². The zero-order chi connectivity index (χ0) is 11.8. The minimum atomic E-state index is 0.297. The van der Waals surface area contributed by atoms with E-state index in [0.717, 1.165) is 22.3 Å². The second-order valence-electron chi connectivity index (χ2n) is 3.72. The maximum Gasteiger partial charge on any atom is 0.222 e. The summed E-state index contributed by atoms with van der Waals surface area (Å²) in [7, 11) is 1.65. The molecule has 3 aromatic rings. The van der Waals surface area contributed by atoms with Gasteiger partial charge in [0.1, 0.15) is 11.4 Å². The molecule has 2 aromatic heterocycles. The Labute approximate surface area is 97.2 Å². The Morgan fingerprint density at radius 3 is 2.94 bits per heavy atom. The summed E-state index contributed by atoms with van der Waals surface area (Å²) < 4.78 is 10.1. The Kier molecular flexibility index (Phi) is 2.04. The Morgan fingerprint density at radius 1 is 1.35 bits per heavy atom. The molecule has 0 saturated heterocycles. The van der Waals surface area contributed by atoms with Crippen LogP contribution in [-0.4, -0.2) is 17.3 Å². The van der Waals surface area contributed by atoms with Gasteiger partial charge in [-0.2, -0.15) is 0 Å². The third-order valence-corrected chi connectivity index (χ3v) is 2.65. The Balaban J connectivity index is 2.19. The topological polar surface area (TPSA) is 77.1 Å². The smallest absolute Gasteiger partial charge is 0.222 e. The lowest BCUT2D eigenvalue weighted by molar-refractivity contribution is 0.420. The molecule has 1 aromatic carbocycles. The fraction of sp³-hybridized carbons (Fsp3) is 0.0833. The molecule has 5 nitrogen and oxygen atoms in total. The number of aromatic amines is 1. The predicted molar refractivity (Wildman–Crippen MR) is 64.8 cm³/mol. The fourth-order valence-electron chi connectivity index (χ4n) is 1.86. The summed E-state index contributed by atoms with van der Waals surface area (Å²) in [5.41, 5.74) is 8.02. The van der Waals surface area contributed by atoms with E-state index in [2.05, 4.69) is 10.1 Å². The van der Waals surface area contributed by atoms with Gasteiger partial charge < -0.3 is 20.0 Å². The van der Waals surface area contributed by atoms with Crippen LogP contribution in [0.1, 0.15) is 0 Å². The summed E-state index contributed by atoms with van der Waals surface area (Å²) in [5.74, 6) is 1.12. The van der Waals surface area contributed by atoms with Crippen molar-refractivity contribution >= 4 is 16.8 Å². The summed E-state index contributed by atoms with van der Waals surface area (Å²) in [4.78, 5) is 3.24. The number of nitrogen functional groups attached to an aromatic ring is 1. The highest BCUT2D eigenvalue weighted by Crippen LogP contribution is 2.30. The van der Waals surface area contributed by atoms with E-state index >= 15 is 0 Å². The molecule has 5 heteroatoms. The molecule has 3 rings (SSSR count). The number of methoxy groups -OCH3 is 1. The van der Waals surface area contributed by atoms with E-state index in [9.17, 15) is 0 Å². The third-order valence-electron chi connectivity index (χ3n) is 2.65. The zero-order valence-corrected chi connectivity index (χ0v) is 9.23. The molecule has 0 atom stereocenters. The van der Waals surface area contributed by atoms with E-state index in [4.69, 9.17) is 15.0 Å². The molecule has 0 unspecified atom stereocenters. The molecule has 0 amide bonds. The second kappa shape index (κ2) is 3.55. The molecule has 2 heterocycles. The van der Waals surface area contributed by atoms with Crippen LogP contribution in [0.2, 0.25) is 0 Å². The number of nitrogens with zero attached hydrogens (tertiary/aromatic N) is 1. The summed E-state index contributed by atoms with van der Waals surface area (Å²) in [6.45, 7) is 0. The molecule has 3 N–H and O–H groups in total. The average molecular weight is 229 g/mol. The normalized spacial score (nSPS) is 10.9. The molecule has 0 saturated carbocycles. The van der Waals surface area contributed by atoms with Crippen LogP contribution < -0.4 is 10.5 Å². The van der Waals surface area contributed by atoms with Crippen molar-refractivity contribution in [3.05, 3.63) is 30.3 Å². The van der Waals surface area contributed by atoms with Crippen LogP contribution in [0.15, 0.2) is 34.9 Å². The first kappa shape index (κ1) is 9.77. The third kappa shape index (κ3) is 1.52. The molecule has 0 aliphatic rings. The Bertz CT molecular complexity index is 669. The van der Waals surface area contributed by atoms with Gasteiger partial charge in [-0.25, -0.2) is 0 Å². The molecule has 0 radical (unpaired) electrons. The molecule has 0 fully saturated rings. The second-order valence-corrected chi connectivity index (χ2v) is 3.72. The van der Waals surface area contributed by atoms with E-state index < -0.39 is 0 Å². The van der Waals surface area contributed by atoms with Gasteiger partial charge in [0.15, 0.2) is 0 Å². The highest BCUT2D eigenvalue weighted by atomic mass is 16.5. The molecule has 86 valence electrons. The minimum Gasteiger partial charge on any atom is -0.496 e. The number of anilines is 1. The van der Waals surface area contributed by atoms with Gasteiger partial charge in [-0.15, -0.1) is 0 Å². The maximum atomic E-state index is 5.50. The average Bonchev–Trinajstić information content (AvgIpc) is 2.93. The number of ether oxygens (including phenoxy) is 1. The van der Waals surface area contributed by atoms with Crippen molar-refractivity contribution in [2.45, 2.75) is 0 Å². The Hall–Kier alpha value is -2.43. The van der Waals surface area contributed by atoms with E-state index in [0.29, 0.717) is 11.6 Å². The van der Waals surface area contributed by atoms with Crippen LogP contribution in [0.5, 0.6) is 5.75 Å². The standard InChI is InChI=1S/C12H11N3O2/c1-16-11-4-2-3-8-7(11)5-9(14-8)10-6-12(13)17-15-10/h2-6,14H,13H2,1H3. The van der Waals surface area contributed by atoms with E-state index in [1.54, 1.807) is 13.2 Å². The van der Waals surface area contributed by atoms with Gasteiger partial charge in [0.05, 0.1) is 12.8 Å². The van der Waals surface area contributed by atoms with Crippen LogP contribution in [-0.2, 0) is 0 Å². The number of aromatic nitrogens is 2. The summed E-state index contributed by atoms with van der Waals surface area (Å²) in [6.07, 6.45) is 0. The van der Waals surface area contributed by atoms with E-state index in [-0.39, 0.29) is 0 Å². The van der Waals surface area contributed by atoms with Gasteiger partial charge in [0.2, 0.25) is 5.88 Å². The lowest BCUT2D eigenvalue weighted by Crippen LogP contribution is -1.81. The lowest BCUT2D eigenvalue weighted by atomic mass is 10.2. The number of benzene rings is 1. The quantitative estimate of drug-likeness (QED) is 0.707. The molecule has 0 bridgehead atoms. The largest absolute Gasteiger partial charge is 0.496 e. The molecule has 0 aliphatic heterocycles. The van der Waals surface area contributed by atoms with Gasteiger partial charge in [0, 0.05) is 17.0 Å². The van der Waals surface area contributed by atoms with Gasteiger partial charge in [-0.05, 0) is 18.2 Å². The van der Waals surface area contributed by atoms with Gasteiger partial charge in [-0.1, -0.05) is 11.2 Å². The summed E-state index contributed by atoms with van der Waals surface area (Å²) in [6, 6.07) is 9.46. The van der Waals surface area contributed by atoms with Gasteiger partial charge >= 0.3 is 0 Å². The lowest BCUT2D eigenvalue weighted by Gasteiger charge is -1.99. The van der Waals surface area contributed by atoms with E-state index in [1.807, 2.05) is 24.3 Å². The number of hydrogen-bond donors (Lipinski definition) is 2. The van der Waals surface area contributed by atoms with Crippen LogP contribution >= 0.6 is 0 Å². The van der Waals surface area contributed by atoms with E-state index in [1.165, 1.54) is 0 Å².